The van der Waals surface area contributed by atoms with Crippen molar-refractivity contribution in [2.24, 2.45) is 0 Å². The maximum Gasteiger partial charge on any atom is 0.325 e. The summed E-state index contributed by atoms with van der Waals surface area (Å²) in [5.41, 5.74) is 0. The number of hydrogen-bond donors (Lipinski definition) is 2. The molecule has 0 saturated carbocycles. The molecule has 1 amide bonds. The summed E-state index contributed by atoms with van der Waals surface area (Å²) < 4.78 is 5.15. The van der Waals surface area contributed by atoms with E-state index in [1.807, 2.05) is 13.8 Å². The first-order valence-corrected chi connectivity index (χ1v) is 4.57. The van der Waals surface area contributed by atoms with E-state index in [4.69, 9.17) is 9.84 Å². The van der Waals surface area contributed by atoms with E-state index >= 15 is 0 Å². The van der Waals surface area contributed by atoms with Crippen LogP contribution in [0.4, 0.5) is 0 Å². The summed E-state index contributed by atoms with van der Waals surface area (Å²) in [6, 6.07) is -0.846. The first kappa shape index (κ1) is 12.9. The molecule has 5 nitrogen and oxygen atoms in total. The maximum absolute atomic E-state index is 11.1. The summed E-state index contributed by atoms with van der Waals surface area (Å²) in [6.07, 6.45) is 0.273. The van der Waals surface area contributed by atoms with Crippen LogP contribution in [0.1, 0.15) is 27.2 Å². The molecule has 0 aliphatic heterocycles. The normalized spacial score (nSPS) is 12.6. The van der Waals surface area contributed by atoms with Gasteiger partial charge in [-0.15, -0.1) is 0 Å². The highest BCUT2D eigenvalue weighted by molar-refractivity contribution is 5.83. The van der Waals surface area contributed by atoms with E-state index in [9.17, 15) is 9.59 Å². The van der Waals surface area contributed by atoms with Gasteiger partial charge in [-0.2, -0.15) is 0 Å². The van der Waals surface area contributed by atoms with Crippen molar-refractivity contribution in [1.82, 2.24) is 5.32 Å². The lowest BCUT2D eigenvalue weighted by molar-refractivity contribution is -0.141. The summed E-state index contributed by atoms with van der Waals surface area (Å²) in [7, 11) is 0. The standard InChI is InChI=1S/C9H17NO4/c1-6(2)14-5-4-8(11)10-7(3)9(12)13/h6-7H,4-5H2,1-3H3,(H,10,11)(H,12,13)/t7-/m0/s1. The second-order valence-corrected chi connectivity index (χ2v) is 3.30. The lowest BCUT2D eigenvalue weighted by Gasteiger charge is -2.10. The van der Waals surface area contributed by atoms with E-state index in [0.717, 1.165) is 0 Å². The predicted molar refractivity (Wildman–Crippen MR) is 50.9 cm³/mol. The van der Waals surface area contributed by atoms with Crippen molar-refractivity contribution in [2.75, 3.05) is 6.61 Å². The predicted octanol–water partition coefficient (Wildman–Crippen LogP) is 0.391. The molecule has 0 saturated heterocycles. The number of nitrogens with one attached hydrogen (secondary N) is 1. The molecule has 0 radical (unpaired) electrons. The van der Waals surface area contributed by atoms with Gasteiger partial charge in [-0.1, -0.05) is 0 Å². The Balaban J connectivity index is 3.60. The molecule has 0 unspecified atom stereocenters. The summed E-state index contributed by atoms with van der Waals surface area (Å²) in [5, 5.41) is 10.8. The molecule has 82 valence electrons. The van der Waals surface area contributed by atoms with Crippen molar-refractivity contribution < 1.29 is 19.4 Å². The molecule has 0 bridgehead atoms. The number of hydrogen-bond acceptors (Lipinski definition) is 3. The highest BCUT2D eigenvalue weighted by Crippen LogP contribution is 1.91. The smallest absolute Gasteiger partial charge is 0.325 e. The second-order valence-electron chi connectivity index (χ2n) is 3.30. The lowest BCUT2D eigenvalue weighted by atomic mass is 10.3. The molecular weight excluding hydrogens is 186 g/mol. The fraction of sp³-hybridized carbons (Fsp3) is 0.778. The fourth-order valence-electron chi connectivity index (χ4n) is 0.763. The van der Waals surface area contributed by atoms with Gasteiger partial charge < -0.3 is 15.2 Å². The Morgan fingerprint density at radius 2 is 1.93 bits per heavy atom. The topological polar surface area (TPSA) is 75.6 Å². The van der Waals surface area contributed by atoms with Crippen LogP contribution < -0.4 is 5.32 Å². The van der Waals surface area contributed by atoms with Gasteiger partial charge in [0.15, 0.2) is 0 Å². The van der Waals surface area contributed by atoms with Crippen molar-refractivity contribution in [3.8, 4) is 0 Å². The van der Waals surface area contributed by atoms with Crippen LogP contribution in [0, 0.1) is 0 Å². The average Bonchev–Trinajstić information content (AvgIpc) is 2.02. The summed E-state index contributed by atoms with van der Waals surface area (Å²) in [5.74, 6) is -1.34. The molecule has 1 atom stereocenters. The van der Waals surface area contributed by atoms with Crippen molar-refractivity contribution in [3.63, 3.8) is 0 Å². The molecule has 0 fully saturated rings. The highest BCUT2D eigenvalue weighted by atomic mass is 16.5. The maximum atomic E-state index is 11.1. The zero-order chi connectivity index (χ0) is 11.1. The molecule has 0 aromatic carbocycles. The van der Waals surface area contributed by atoms with Gasteiger partial charge >= 0.3 is 5.97 Å². The monoisotopic (exact) mass is 203 g/mol. The van der Waals surface area contributed by atoms with Gasteiger partial charge in [0.2, 0.25) is 5.91 Å². The minimum absolute atomic E-state index is 0.0831. The van der Waals surface area contributed by atoms with E-state index in [-0.39, 0.29) is 18.4 Å². The summed E-state index contributed by atoms with van der Waals surface area (Å²) >= 11 is 0. The number of carboxylic acids is 1. The Bertz CT molecular complexity index is 203. The van der Waals surface area contributed by atoms with Crippen LogP contribution in [-0.4, -0.2) is 35.7 Å². The number of carboxylic acid groups (broad SMARTS) is 1. The second kappa shape index (κ2) is 6.37. The Labute approximate surface area is 83.4 Å². The SMILES string of the molecule is CC(C)OCCC(=O)N[C@@H](C)C(=O)O. The van der Waals surface area contributed by atoms with Crippen molar-refractivity contribution >= 4 is 11.9 Å². The quantitative estimate of drug-likeness (QED) is 0.654. The number of rotatable bonds is 6. The summed E-state index contributed by atoms with van der Waals surface area (Å²) in [4.78, 5) is 21.5. The molecule has 0 spiro atoms. The number of aliphatic carboxylic acids is 1. The van der Waals surface area contributed by atoms with E-state index in [0.29, 0.717) is 6.61 Å². The third-order valence-corrected chi connectivity index (χ3v) is 1.53. The van der Waals surface area contributed by atoms with E-state index in [1.165, 1.54) is 6.92 Å². The van der Waals surface area contributed by atoms with E-state index < -0.39 is 12.0 Å². The van der Waals surface area contributed by atoms with Crippen LogP contribution in [0.3, 0.4) is 0 Å². The number of amides is 1. The van der Waals surface area contributed by atoms with Crippen LogP contribution in [0.5, 0.6) is 0 Å². The molecule has 2 N–H and O–H groups in total. The van der Waals surface area contributed by atoms with Gasteiger partial charge in [0.1, 0.15) is 6.04 Å². The van der Waals surface area contributed by atoms with Crippen molar-refractivity contribution in [1.29, 1.82) is 0 Å². The van der Waals surface area contributed by atoms with Crippen LogP contribution in [0.15, 0.2) is 0 Å². The van der Waals surface area contributed by atoms with Gasteiger partial charge in [0.25, 0.3) is 0 Å². The van der Waals surface area contributed by atoms with Gasteiger partial charge in [-0.05, 0) is 20.8 Å². The lowest BCUT2D eigenvalue weighted by Crippen LogP contribution is -2.38. The Morgan fingerprint density at radius 1 is 1.36 bits per heavy atom. The third kappa shape index (κ3) is 6.42. The molecule has 0 rings (SSSR count). The molecule has 0 aliphatic rings. The molecule has 0 aromatic rings. The third-order valence-electron chi connectivity index (χ3n) is 1.53. The van der Waals surface area contributed by atoms with Crippen LogP contribution >= 0.6 is 0 Å². The molecule has 14 heavy (non-hydrogen) atoms. The average molecular weight is 203 g/mol. The number of carbonyl (C=O) groups is 2. The zero-order valence-electron chi connectivity index (χ0n) is 8.74. The fourth-order valence-corrected chi connectivity index (χ4v) is 0.763. The first-order chi connectivity index (χ1) is 6.43. The minimum atomic E-state index is -1.04. The molecule has 0 aliphatic carbocycles. The van der Waals surface area contributed by atoms with Crippen LogP contribution in [0.25, 0.3) is 0 Å². The Morgan fingerprint density at radius 3 is 2.36 bits per heavy atom. The largest absolute Gasteiger partial charge is 0.480 e. The highest BCUT2D eigenvalue weighted by Gasteiger charge is 2.13. The van der Waals surface area contributed by atoms with E-state index in [2.05, 4.69) is 5.32 Å². The zero-order valence-corrected chi connectivity index (χ0v) is 8.74. The van der Waals surface area contributed by atoms with Crippen LogP contribution in [-0.2, 0) is 14.3 Å². The van der Waals surface area contributed by atoms with Gasteiger partial charge in [-0.3, -0.25) is 9.59 Å². The number of carbonyl (C=O) groups excluding carboxylic acids is 1. The van der Waals surface area contributed by atoms with Crippen LogP contribution in [0.2, 0.25) is 0 Å². The first-order valence-electron chi connectivity index (χ1n) is 4.57. The summed E-state index contributed by atoms with van der Waals surface area (Å²) in [6.45, 7) is 5.48. The molecule has 5 heteroatoms. The van der Waals surface area contributed by atoms with Crippen molar-refractivity contribution in [2.45, 2.75) is 39.3 Å². The van der Waals surface area contributed by atoms with E-state index in [1.54, 1.807) is 0 Å². The van der Waals surface area contributed by atoms with Gasteiger partial charge in [0, 0.05) is 6.42 Å². The molecular formula is C9H17NO4. The minimum Gasteiger partial charge on any atom is -0.480 e. The van der Waals surface area contributed by atoms with Gasteiger partial charge in [-0.25, -0.2) is 0 Å². The van der Waals surface area contributed by atoms with Crippen molar-refractivity contribution in [3.05, 3.63) is 0 Å². The Kier molecular flexibility index (Phi) is 5.87. The molecule has 0 heterocycles. The van der Waals surface area contributed by atoms with Gasteiger partial charge in [0.05, 0.1) is 12.7 Å². The molecule has 0 aromatic heterocycles. The Hall–Kier alpha value is -1.10. The number of ether oxygens (including phenoxy) is 1.